The average molecular weight is 257 g/mol. The molecule has 2 aliphatic heterocycles. The lowest BCUT2D eigenvalue weighted by Crippen LogP contribution is -2.45. The van der Waals surface area contributed by atoms with E-state index in [1.807, 2.05) is 18.7 Å². The van der Waals surface area contributed by atoms with E-state index in [2.05, 4.69) is 0 Å². The highest BCUT2D eigenvalue weighted by Crippen LogP contribution is 2.26. The Balaban J connectivity index is 1.77. The number of hydrogen-bond acceptors (Lipinski definition) is 4. The molecule has 2 saturated heterocycles. The van der Waals surface area contributed by atoms with E-state index in [4.69, 9.17) is 14.2 Å². The highest BCUT2D eigenvalue weighted by atomic mass is 16.7. The summed E-state index contributed by atoms with van der Waals surface area (Å²) in [5.41, 5.74) is 0. The van der Waals surface area contributed by atoms with Gasteiger partial charge in [0.2, 0.25) is 0 Å². The molecule has 1 unspecified atom stereocenters. The van der Waals surface area contributed by atoms with Gasteiger partial charge in [-0.2, -0.15) is 0 Å². The molecule has 0 saturated carbocycles. The summed E-state index contributed by atoms with van der Waals surface area (Å²) in [5, 5.41) is 0. The second-order valence-corrected chi connectivity index (χ2v) is 4.87. The Kier molecular flexibility index (Phi) is 4.97. The second kappa shape index (κ2) is 6.50. The van der Waals surface area contributed by atoms with Crippen LogP contribution in [0.4, 0.5) is 0 Å². The predicted molar refractivity (Wildman–Crippen MR) is 66.1 cm³/mol. The van der Waals surface area contributed by atoms with Crippen molar-refractivity contribution >= 4 is 5.91 Å². The van der Waals surface area contributed by atoms with Crippen molar-refractivity contribution in [3.8, 4) is 0 Å². The summed E-state index contributed by atoms with van der Waals surface area (Å²) < 4.78 is 16.4. The minimum Gasteiger partial charge on any atom is -0.369 e. The van der Waals surface area contributed by atoms with Crippen LogP contribution in [0.5, 0.6) is 0 Å². The first kappa shape index (κ1) is 13.8. The molecule has 0 bridgehead atoms. The lowest BCUT2D eigenvalue weighted by Gasteiger charge is -2.35. The van der Waals surface area contributed by atoms with E-state index in [9.17, 15) is 4.79 Å². The molecule has 2 fully saturated rings. The summed E-state index contributed by atoms with van der Waals surface area (Å²) in [6, 6.07) is 0. The first-order valence-corrected chi connectivity index (χ1v) is 6.86. The van der Waals surface area contributed by atoms with Crippen LogP contribution in [0.15, 0.2) is 0 Å². The van der Waals surface area contributed by atoms with Crippen molar-refractivity contribution in [2.75, 3.05) is 32.9 Å². The van der Waals surface area contributed by atoms with Crippen molar-refractivity contribution in [2.24, 2.45) is 5.92 Å². The Bertz CT molecular complexity index is 270. The Morgan fingerprint density at radius 3 is 2.50 bits per heavy atom. The molecule has 104 valence electrons. The van der Waals surface area contributed by atoms with Crippen LogP contribution in [0.3, 0.4) is 0 Å². The predicted octanol–water partition coefficient (Wildman–Crippen LogP) is 1.02. The Morgan fingerprint density at radius 1 is 1.33 bits per heavy atom. The van der Waals surface area contributed by atoms with Crippen molar-refractivity contribution in [3.05, 3.63) is 0 Å². The molecule has 5 nitrogen and oxygen atoms in total. The van der Waals surface area contributed by atoms with E-state index in [-0.39, 0.29) is 18.3 Å². The highest BCUT2D eigenvalue weighted by Gasteiger charge is 2.32. The lowest BCUT2D eigenvalue weighted by molar-refractivity contribution is -0.147. The van der Waals surface area contributed by atoms with Gasteiger partial charge in [0, 0.05) is 25.6 Å². The van der Waals surface area contributed by atoms with Gasteiger partial charge in [0.25, 0.3) is 5.91 Å². The minimum absolute atomic E-state index is 0.0495. The first-order chi connectivity index (χ1) is 8.72. The Hall–Kier alpha value is -0.650. The minimum atomic E-state index is -0.328. The third-order valence-electron chi connectivity index (χ3n) is 3.65. The van der Waals surface area contributed by atoms with Gasteiger partial charge in [-0.1, -0.05) is 0 Å². The van der Waals surface area contributed by atoms with Gasteiger partial charge in [0.05, 0.1) is 13.2 Å². The molecule has 5 heteroatoms. The van der Waals surface area contributed by atoms with Gasteiger partial charge in [0.1, 0.15) is 6.10 Å². The molecular formula is C13H23NO4. The average Bonchev–Trinajstić information content (AvgIpc) is 2.92. The third kappa shape index (κ3) is 3.22. The zero-order valence-corrected chi connectivity index (χ0v) is 11.3. The number of carbonyl (C=O) groups is 1. The number of ether oxygens (including phenoxy) is 3. The molecule has 0 spiro atoms. The largest absolute Gasteiger partial charge is 0.369 e. The van der Waals surface area contributed by atoms with Crippen molar-refractivity contribution in [1.29, 1.82) is 0 Å². The van der Waals surface area contributed by atoms with Crippen LogP contribution in [-0.2, 0) is 19.0 Å². The highest BCUT2D eigenvalue weighted by molar-refractivity contribution is 5.80. The molecule has 1 atom stereocenters. The van der Waals surface area contributed by atoms with Gasteiger partial charge in [-0.15, -0.1) is 0 Å². The first-order valence-electron chi connectivity index (χ1n) is 6.86. The van der Waals surface area contributed by atoms with Gasteiger partial charge >= 0.3 is 0 Å². The maximum absolute atomic E-state index is 12.1. The SMILES string of the molecule is CCOC(C)C(=O)N1CCC(C2OCCO2)CC1. The molecule has 0 aromatic carbocycles. The molecule has 2 rings (SSSR count). The molecule has 18 heavy (non-hydrogen) atoms. The van der Waals surface area contributed by atoms with Crippen LogP contribution in [-0.4, -0.2) is 56.1 Å². The summed E-state index contributed by atoms with van der Waals surface area (Å²) >= 11 is 0. The fraction of sp³-hybridized carbons (Fsp3) is 0.923. The van der Waals surface area contributed by atoms with E-state index < -0.39 is 0 Å². The maximum Gasteiger partial charge on any atom is 0.251 e. The second-order valence-electron chi connectivity index (χ2n) is 4.87. The number of likely N-dealkylation sites (tertiary alicyclic amines) is 1. The standard InChI is InChI=1S/C13H23NO4/c1-3-16-10(2)12(15)14-6-4-11(5-7-14)13-17-8-9-18-13/h10-11,13H,3-9H2,1-2H3. The van der Waals surface area contributed by atoms with Crippen LogP contribution < -0.4 is 0 Å². The molecule has 0 N–H and O–H groups in total. The molecule has 2 aliphatic rings. The van der Waals surface area contributed by atoms with Gasteiger partial charge in [-0.25, -0.2) is 0 Å². The molecule has 0 aromatic rings. The van der Waals surface area contributed by atoms with E-state index in [0.29, 0.717) is 25.7 Å². The van der Waals surface area contributed by atoms with E-state index in [0.717, 1.165) is 25.9 Å². The van der Waals surface area contributed by atoms with Gasteiger partial charge in [-0.05, 0) is 26.7 Å². The Morgan fingerprint density at radius 2 is 1.94 bits per heavy atom. The molecule has 1 amide bonds. The number of carbonyl (C=O) groups excluding carboxylic acids is 1. The number of hydrogen-bond donors (Lipinski definition) is 0. The van der Waals surface area contributed by atoms with Gasteiger partial charge < -0.3 is 19.1 Å². The quantitative estimate of drug-likeness (QED) is 0.754. The number of amides is 1. The molecule has 2 heterocycles. The van der Waals surface area contributed by atoms with Crippen LogP contribution in [0.2, 0.25) is 0 Å². The van der Waals surface area contributed by atoms with Crippen molar-refractivity contribution in [1.82, 2.24) is 4.90 Å². The fourth-order valence-corrected chi connectivity index (χ4v) is 2.62. The van der Waals surface area contributed by atoms with Crippen molar-refractivity contribution < 1.29 is 19.0 Å². The summed E-state index contributed by atoms with van der Waals surface area (Å²) in [5.74, 6) is 0.530. The van der Waals surface area contributed by atoms with E-state index >= 15 is 0 Å². The van der Waals surface area contributed by atoms with Crippen LogP contribution in [0, 0.1) is 5.92 Å². The zero-order valence-electron chi connectivity index (χ0n) is 11.3. The molecule has 0 aliphatic carbocycles. The smallest absolute Gasteiger partial charge is 0.251 e. The summed E-state index contributed by atoms with van der Waals surface area (Å²) in [7, 11) is 0. The van der Waals surface area contributed by atoms with Crippen molar-refractivity contribution in [3.63, 3.8) is 0 Å². The van der Waals surface area contributed by atoms with Crippen LogP contribution in [0.25, 0.3) is 0 Å². The zero-order chi connectivity index (χ0) is 13.0. The fourth-order valence-electron chi connectivity index (χ4n) is 2.62. The monoisotopic (exact) mass is 257 g/mol. The summed E-state index contributed by atoms with van der Waals surface area (Å²) in [6.45, 7) is 7.27. The number of nitrogens with zero attached hydrogens (tertiary/aromatic N) is 1. The van der Waals surface area contributed by atoms with Crippen LogP contribution >= 0.6 is 0 Å². The summed E-state index contributed by atoms with van der Waals surface area (Å²) in [6.07, 6.45) is 1.53. The normalized spacial score (nSPS) is 24.4. The summed E-state index contributed by atoms with van der Waals surface area (Å²) in [4.78, 5) is 13.9. The lowest BCUT2D eigenvalue weighted by atomic mass is 9.96. The van der Waals surface area contributed by atoms with Crippen LogP contribution in [0.1, 0.15) is 26.7 Å². The Labute approximate surface area is 108 Å². The maximum atomic E-state index is 12.1. The molecular weight excluding hydrogens is 234 g/mol. The third-order valence-corrected chi connectivity index (χ3v) is 3.65. The van der Waals surface area contributed by atoms with Gasteiger partial charge in [-0.3, -0.25) is 4.79 Å². The van der Waals surface area contributed by atoms with E-state index in [1.54, 1.807) is 0 Å². The number of rotatable bonds is 4. The molecule has 0 radical (unpaired) electrons. The van der Waals surface area contributed by atoms with Crippen molar-refractivity contribution in [2.45, 2.75) is 39.1 Å². The van der Waals surface area contributed by atoms with E-state index in [1.165, 1.54) is 0 Å². The number of piperidine rings is 1. The van der Waals surface area contributed by atoms with Gasteiger partial charge in [0.15, 0.2) is 6.29 Å². The topological polar surface area (TPSA) is 48.0 Å². The molecule has 0 aromatic heterocycles.